The zero-order valence-electron chi connectivity index (χ0n) is 18.5. The van der Waals surface area contributed by atoms with Gasteiger partial charge in [-0.2, -0.15) is 5.10 Å². The number of ether oxygens (including phenoxy) is 1. The van der Waals surface area contributed by atoms with Gasteiger partial charge in [-0.3, -0.25) is 14.4 Å². The molecule has 1 fully saturated rings. The Morgan fingerprint density at radius 1 is 1.23 bits per heavy atom. The number of piperidine rings is 1. The van der Waals surface area contributed by atoms with Crippen LogP contribution in [0.4, 0.5) is 0 Å². The lowest BCUT2D eigenvalue weighted by atomic mass is 9.96. The molecule has 30 heavy (non-hydrogen) atoms. The van der Waals surface area contributed by atoms with Gasteiger partial charge in [0.1, 0.15) is 0 Å². The van der Waals surface area contributed by atoms with Crippen molar-refractivity contribution in [1.29, 1.82) is 0 Å². The number of nitrogens with one attached hydrogen (secondary N) is 1. The van der Waals surface area contributed by atoms with Gasteiger partial charge in [-0.05, 0) is 58.2 Å². The summed E-state index contributed by atoms with van der Waals surface area (Å²) in [6, 6.07) is 9.06. The SMILES string of the molecule is Cc1ccc(CN2CCC(CNC(=O)c3nn(C(C)C)c4c3COCC4)CC2)cc1. The predicted octanol–water partition coefficient (Wildman–Crippen LogP) is 3.49. The van der Waals surface area contributed by atoms with Crippen LogP contribution in [0.25, 0.3) is 0 Å². The van der Waals surface area contributed by atoms with Gasteiger partial charge in [0.2, 0.25) is 0 Å². The molecule has 0 unspecified atom stereocenters. The lowest BCUT2D eigenvalue weighted by molar-refractivity contribution is 0.0908. The van der Waals surface area contributed by atoms with Gasteiger partial charge in [0.25, 0.3) is 5.91 Å². The number of fused-ring (bicyclic) bond motifs is 1. The Hall–Kier alpha value is -2.18. The quantitative estimate of drug-likeness (QED) is 0.792. The Bertz CT molecular complexity index is 864. The number of carbonyl (C=O) groups is 1. The van der Waals surface area contributed by atoms with Gasteiger partial charge >= 0.3 is 0 Å². The van der Waals surface area contributed by atoms with Crippen LogP contribution in [0.2, 0.25) is 0 Å². The number of aryl methyl sites for hydroxylation is 1. The molecule has 6 heteroatoms. The van der Waals surface area contributed by atoms with Gasteiger partial charge in [0.15, 0.2) is 5.69 Å². The number of hydrogen-bond acceptors (Lipinski definition) is 4. The number of likely N-dealkylation sites (tertiary alicyclic amines) is 1. The van der Waals surface area contributed by atoms with Crippen molar-refractivity contribution in [2.75, 3.05) is 26.2 Å². The topological polar surface area (TPSA) is 59.4 Å². The molecule has 3 heterocycles. The van der Waals surface area contributed by atoms with Gasteiger partial charge in [-0.1, -0.05) is 29.8 Å². The first-order valence-corrected chi connectivity index (χ1v) is 11.3. The van der Waals surface area contributed by atoms with E-state index in [0.29, 0.717) is 24.8 Å². The molecule has 1 aromatic carbocycles. The second kappa shape index (κ2) is 9.31. The maximum Gasteiger partial charge on any atom is 0.272 e. The largest absolute Gasteiger partial charge is 0.376 e. The van der Waals surface area contributed by atoms with Gasteiger partial charge < -0.3 is 10.1 Å². The summed E-state index contributed by atoms with van der Waals surface area (Å²) in [6.45, 7) is 11.4. The number of nitrogens with zero attached hydrogens (tertiary/aromatic N) is 3. The smallest absolute Gasteiger partial charge is 0.272 e. The Morgan fingerprint density at radius 2 is 1.97 bits per heavy atom. The normalized spacial score (nSPS) is 17.9. The third-order valence-corrected chi connectivity index (χ3v) is 6.34. The highest BCUT2D eigenvalue weighted by Crippen LogP contribution is 2.24. The molecule has 1 aromatic heterocycles. The van der Waals surface area contributed by atoms with E-state index in [-0.39, 0.29) is 11.9 Å². The lowest BCUT2D eigenvalue weighted by Gasteiger charge is -2.32. The summed E-state index contributed by atoms with van der Waals surface area (Å²) in [4.78, 5) is 15.4. The van der Waals surface area contributed by atoms with Crippen LogP contribution >= 0.6 is 0 Å². The van der Waals surface area contributed by atoms with Crippen LogP contribution < -0.4 is 5.32 Å². The van der Waals surface area contributed by atoms with Crippen LogP contribution in [0.15, 0.2) is 24.3 Å². The Balaban J connectivity index is 1.29. The fraction of sp³-hybridized carbons (Fsp3) is 0.583. The molecule has 0 saturated carbocycles. The molecule has 2 aliphatic rings. The maximum atomic E-state index is 12.9. The number of rotatable bonds is 6. The molecule has 162 valence electrons. The van der Waals surface area contributed by atoms with Gasteiger partial charge in [-0.25, -0.2) is 0 Å². The van der Waals surface area contributed by atoms with E-state index < -0.39 is 0 Å². The summed E-state index contributed by atoms with van der Waals surface area (Å²) in [5.41, 5.74) is 5.36. The molecule has 0 radical (unpaired) electrons. The van der Waals surface area contributed by atoms with Crippen LogP contribution in [0.5, 0.6) is 0 Å². The summed E-state index contributed by atoms with van der Waals surface area (Å²) in [6.07, 6.45) is 3.06. The Kier molecular flexibility index (Phi) is 6.54. The third-order valence-electron chi connectivity index (χ3n) is 6.34. The molecule has 1 amide bonds. The van der Waals surface area contributed by atoms with Crippen LogP contribution in [0.3, 0.4) is 0 Å². The first kappa shape index (κ1) is 21.1. The molecular formula is C24H34N4O2. The molecule has 0 atom stereocenters. The second-order valence-corrected chi connectivity index (χ2v) is 9.03. The molecule has 0 spiro atoms. The van der Waals surface area contributed by atoms with Gasteiger partial charge in [0.05, 0.1) is 13.2 Å². The first-order chi connectivity index (χ1) is 14.5. The molecule has 0 bridgehead atoms. The van der Waals surface area contributed by atoms with Crippen molar-refractivity contribution < 1.29 is 9.53 Å². The summed E-state index contributed by atoms with van der Waals surface area (Å²) in [7, 11) is 0. The minimum absolute atomic E-state index is 0.0572. The fourth-order valence-electron chi connectivity index (χ4n) is 4.49. The van der Waals surface area contributed by atoms with E-state index in [4.69, 9.17) is 4.74 Å². The average molecular weight is 411 g/mol. The van der Waals surface area contributed by atoms with Crippen molar-refractivity contribution in [3.05, 3.63) is 52.3 Å². The summed E-state index contributed by atoms with van der Waals surface area (Å²) in [5.74, 6) is 0.473. The maximum absolute atomic E-state index is 12.9. The van der Waals surface area contributed by atoms with Crippen molar-refractivity contribution >= 4 is 5.91 Å². The standard InChI is InChI=1S/C24H34N4O2/c1-17(2)28-22-10-13-30-16-21(22)23(26-28)24(29)25-14-19-8-11-27(12-9-19)15-20-6-4-18(3)5-7-20/h4-7,17,19H,8-16H2,1-3H3,(H,25,29). The first-order valence-electron chi connectivity index (χ1n) is 11.3. The number of aromatic nitrogens is 2. The zero-order chi connectivity index (χ0) is 21.1. The van der Waals surface area contributed by atoms with Crippen LogP contribution in [0, 0.1) is 12.8 Å². The van der Waals surface area contributed by atoms with E-state index in [1.54, 1.807) is 0 Å². The predicted molar refractivity (Wildman–Crippen MR) is 117 cm³/mol. The number of hydrogen-bond donors (Lipinski definition) is 1. The van der Waals surface area contributed by atoms with Crippen LogP contribution in [-0.4, -0.2) is 46.8 Å². The highest BCUT2D eigenvalue weighted by molar-refractivity contribution is 5.94. The van der Waals surface area contributed by atoms with E-state index in [1.807, 2.05) is 4.68 Å². The highest BCUT2D eigenvalue weighted by atomic mass is 16.5. The fourth-order valence-corrected chi connectivity index (χ4v) is 4.49. The van der Waals surface area contributed by atoms with E-state index in [9.17, 15) is 4.79 Å². The molecule has 0 aliphatic carbocycles. The number of amides is 1. The minimum atomic E-state index is -0.0572. The molecule has 1 saturated heterocycles. The van der Waals surface area contributed by atoms with Crippen molar-refractivity contribution in [1.82, 2.24) is 20.0 Å². The molecular weight excluding hydrogens is 376 g/mol. The molecule has 2 aliphatic heterocycles. The second-order valence-electron chi connectivity index (χ2n) is 9.03. The van der Waals surface area contributed by atoms with Crippen molar-refractivity contribution in [3.63, 3.8) is 0 Å². The minimum Gasteiger partial charge on any atom is -0.376 e. The third kappa shape index (κ3) is 4.76. The number of carbonyl (C=O) groups excluding carboxylic acids is 1. The van der Waals surface area contributed by atoms with Crippen molar-refractivity contribution in [3.8, 4) is 0 Å². The monoisotopic (exact) mass is 410 g/mol. The van der Waals surface area contributed by atoms with E-state index in [2.05, 4.69) is 60.4 Å². The Morgan fingerprint density at radius 3 is 2.67 bits per heavy atom. The average Bonchev–Trinajstić information content (AvgIpc) is 3.15. The Labute approximate surface area is 179 Å². The van der Waals surface area contributed by atoms with E-state index in [0.717, 1.165) is 56.7 Å². The van der Waals surface area contributed by atoms with Crippen molar-refractivity contribution in [2.45, 2.75) is 59.2 Å². The number of benzene rings is 1. The molecule has 6 nitrogen and oxygen atoms in total. The highest BCUT2D eigenvalue weighted by Gasteiger charge is 2.27. The molecule has 4 rings (SSSR count). The molecule has 2 aromatic rings. The summed E-state index contributed by atoms with van der Waals surface area (Å²) >= 11 is 0. The lowest BCUT2D eigenvalue weighted by Crippen LogP contribution is -2.38. The summed E-state index contributed by atoms with van der Waals surface area (Å²) in [5, 5.41) is 7.79. The zero-order valence-corrected chi connectivity index (χ0v) is 18.5. The van der Waals surface area contributed by atoms with Gasteiger partial charge in [-0.15, -0.1) is 0 Å². The van der Waals surface area contributed by atoms with E-state index >= 15 is 0 Å². The van der Waals surface area contributed by atoms with Crippen LogP contribution in [-0.2, 0) is 24.3 Å². The van der Waals surface area contributed by atoms with Crippen LogP contribution in [0.1, 0.15) is 65.6 Å². The van der Waals surface area contributed by atoms with Gasteiger partial charge in [0, 0.05) is 36.8 Å². The van der Waals surface area contributed by atoms with Crippen molar-refractivity contribution in [2.24, 2.45) is 5.92 Å². The van der Waals surface area contributed by atoms with E-state index in [1.165, 1.54) is 11.1 Å². The molecule has 1 N–H and O–H groups in total. The summed E-state index contributed by atoms with van der Waals surface area (Å²) < 4.78 is 7.60.